The van der Waals surface area contributed by atoms with Gasteiger partial charge in [0.1, 0.15) is 0 Å². The Balaban J connectivity index is 3.80. The molecule has 0 saturated heterocycles. The molecule has 0 radical (unpaired) electrons. The van der Waals surface area contributed by atoms with E-state index >= 15 is 0 Å². The molecule has 0 aromatic heterocycles. The van der Waals surface area contributed by atoms with Crippen molar-refractivity contribution in [1.82, 2.24) is 4.90 Å². The molecule has 0 aliphatic carbocycles. The Bertz CT molecular complexity index is 226. The van der Waals surface area contributed by atoms with E-state index in [-0.39, 0.29) is 0 Å². The van der Waals surface area contributed by atoms with Crippen LogP contribution < -0.4 is 0 Å². The second-order valence-corrected chi connectivity index (χ2v) is 8.12. The van der Waals surface area contributed by atoms with Gasteiger partial charge in [-0.2, -0.15) is 0 Å². The first-order valence-corrected chi connectivity index (χ1v) is 11.5. The van der Waals surface area contributed by atoms with Crippen molar-refractivity contribution in [3.8, 4) is 0 Å². The molecule has 152 valence electrons. The van der Waals surface area contributed by atoms with Crippen LogP contribution in [0.5, 0.6) is 0 Å². The fourth-order valence-electron chi connectivity index (χ4n) is 3.40. The van der Waals surface area contributed by atoms with Gasteiger partial charge in [-0.1, -0.05) is 90.9 Å². The first kappa shape index (κ1) is 24.9. The standard InChI is InChI=1S/C23H49NO/c1-5-7-9-11-13-15-19-23(20-16-14-12-10-8-6-2)25-22-18-17-21-24(3)4/h23H,5-22H2,1-4H3. The molecule has 0 aromatic rings. The predicted octanol–water partition coefficient (Wildman–Crippen LogP) is 7.21. The third kappa shape index (κ3) is 20.1. The molecule has 0 saturated carbocycles. The zero-order chi connectivity index (χ0) is 18.6. The average Bonchev–Trinajstić information content (AvgIpc) is 2.59. The second-order valence-electron chi connectivity index (χ2n) is 8.12. The fourth-order valence-corrected chi connectivity index (χ4v) is 3.40. The van der Waals surface area contributed by atoms with E-state index in [1.807, 2.05) is 0 Å². The van der Waals surface area contributed by atoms with Gasteiger partial charge >= 0.3 is 0 Å². The Morgan fingerprint density at radius 1 is 0.600 bits per heavy atom. The summed E-state index contributed by atoms with van der Waals surface area (Å²) in [4.78, 5) is 2.27. The average molecular weight is 356 g/mol. The minimum Gasteiger partial charge on any atom is -0.378 e. The van der Waals surface area contributed by atoms with Crippen LogP contribution in [0.4, 0.5) is 0 Å². The summed E-state index contributed by atoms with van der Waals surface area (Å²) in [6.07, 6.45) is 22.3. The highest BCUT2D eigenvalue weighted by atomic mass is 16.5. The first-order valence-electron chi connectivity index (χ1n) is 11.5. The maximum atomic E-state index is 6.26. The lowest BCUT2D eigenvalue weighted by Gasteiger charge is -2.18. The Labute approximate surface area is 160 Å². The topological polar surface area (TPSA) is 12.5 Å². The van der Waals surface area contributed by atoms with Crippen molar-refractivity contribution in [3.05, 3.63) is 0 Å². The maximum absolute atomic E-state index is 6.26. The first-order chi connectivity index (χ1) is 12.2. The summed E-state index contributed by atoms with van der Waals surface area (Å²) in [6.45, 7) is 6.73. The Kier molecular flexibility index (Phi) is 20.2. The summed E-state index contributed by atoms with van der Waals surface area (Å²) in [5.74, 6) is 0. The van der Waals surface area contributed by atoms with Crippen molar-refractivity contribution in [3.63, 3.8) is 0 Å². The van der Waals surface area contributed by atoms with Crippen molar-refractivity contribution in [2.24, 2.45) is 0 Å². The normalized spacial score (nSPS) is 11.8. The SMILES string of the molecule is CCCCCCCCC(CCCCCCCC)OCCCCN(C)C. The van der Waals surface area contributed by atoms with Gasteiger partial charge in [0.25, 0.3) is 0 Å². The van der Waals surface area contributed by atoms with Gasteiger partial charge in [-0.3, -0.25) is 0 Å². The van der Waals surface area contributed by atoms with Gasteiger partial charge in [-0.25, -0.2) is 0 Å². The lowest BCUT2D eigenvalue weighted by atomic mass is 10.0. The lowest BCUT2D eigenvalue weighted by Crippen LogP contribution is -2.16. The number of hydrogen-bond donors (Lipinski definition) is 0. The highest BCUT2D eigenvalue weighted by Crippen LogP contribution is 2.17. The molecule has 0 rings (SSSR count). The molecule has 2 heteroatoms. The predicted molar refractivity (Wildman–Crippen MR) is 114 cm³/mol. The van der Waals surface area contributed by atoms with Crippen LogP contribution in [0.2, 0.25) is 0 Å². The van der Waals surface area contributed by atoms with Crippen molar-refractivity contribution in [1.29, 1.82) is 0 Å². The van der Waals surface area contributed by atoms with Crippen molar-refractivity contribution >= 4 is 0 Å². The molecule has 25 heavy (non-hydrogen) atoms. The number of nitrogens with zero attached hydrogens (tertiary/aromatic N) is 1. The van der Waals surface area contributed by atoms with Gasteiger partial charge in [-0.05, 0) is 46.3 Å². The summed E-state index contributed by atoms with van der Waals surface area (Å²) >= 11 is 0. The van der Waals surface area contributed by atoms with Crippen LogP contribution in [-0.2, 0) is 4.74 Å². The van der Waals surface area contributed by atoms with E-state index in [4.69, 9.17) is 4.74 Å². The zero-order valence-corrected chi connectivity index (χ0v) is 18.2. The number of rotatable bonds is 20. The van der Waals surface area contributed by atoms with Crippen molar-refractivity contribution in [2.45, 2.75) is 123 Å². The number of unbranched alkanes of at least 4 members (excludes halogenated alkanes) is 11. The molecule has 0 heterocycles. The minimum atomic E-state index is 0.525. The van der Waals surface area contributed by atoms with E-state index in [0.29, 0.717) is 6.10 Å². The Morgan fingerprint density at radius 3 is 1.56 bits per heavy atom. The molecule has 0 unspecified atom stereocenters. The molecule has 0 amide bonds. The third-order valence-corrected chi connectivity index (χ3v) is 5.11. The molecular formula is C23H49NO. The van der Waals surface area contributed by atoms with Crippen LogP contribution in [0.15, 0.2) is 0 Å². The minimum absolute atomic E-state index is 0.525. The second kappa shape index (κ2) is 20.2. The van der Waals surface area contributed by atoms with Crippen LogP contribution in [-0.4, -0.2) is 38.3 Å². The van der Waals surface area contributed by atoms with Crippen LogP contribution >= 0.6 is 0 Å². The smallest absolute Gasteiger partial charge is 0.0575 e. The van der Waals surface area contributed by atoms with Crippen molar-refractivity contribution < 1.29 is 4.74 Å². The zero-order valence-electron chi connectivity index (χ0n) is 18.2. The fraction of sp³-hybridized carbons (Fsp3) is 1.00. The summed E-state index contributed by atoms with van der Waals surface area (Å²) < 4.78 is 6.26. The van der Waals surface area contributed by atoms with Crippen molar-refractivity contribution in [2.75, 3.05) is 27.2 Å². The molecule has 0 aliphatic rings. The van der Waals surface area contributed by atoms with Crippen LogP contribution in [0.25, 0.3) is 0 Å². The molecule has 0 aliphatic heterocycles. The number of hydrogen-bond acceptors (Lipinski definition) is 2. The molecule has 0 bridgehead atoms. The Hall–Kier alpha value is -0.0800. The summed E-state index contributed by atoms with van der Waals surface area (Å²) in [5.41, 5.74) is 0. The largest absolute Gasteiger partial charge is 0.378 e. The van der Waals surface area contributed by atoms with Crippen LogP contribution in [0, 0.1) is 0 Å². The highest BCUT2D eigenvalue weighted by Gasteiger charge is 2.09. The van der Waals surface area contributed by atoms with Crippen LogP contribution in [0.1, 0.15) is 117 Å². The van der Waals surface area contributed by atoms with E-state index < -0.39 is 0 Å². The maximum Gasteiger partial charge on any atom is 0.0575 e. The molecule has 0 N–H and O–H groups in total. The molecular weight excluding hydrogens is 306 g/mol. The quantitative estimate of drug-likeness (QED) is 0.214. The van der Waals surface area contributed by atoms with Gasteiger partial charge in [-0.15, -0.1) is 0 Å². The molecule has 2 nitrogen and oxygen atoms in total. The van der Waals surface area contributed by atoms with Gasteiger partial charge in [0.05, 0.1) is 6.10 Å². The Morgan fingerprint density at radius 2 is 1.08 bits per heavy atom. The molecule has 0 atom stereocenters. The van der Waals surface area contributed by atoms with E-state index in [1.165, 1.54) is 109 Å². The van der Waals surface area contributed by atoms with E-state index in [2.05, 4.69) is 32.8 Å². The van der Waals surface area contributed by atoms with Gasteiger partial charge in [0.2, 0.25) is 0 Å². The molecule has 0 spiro atoms. The van der Waals surface area contributed by atoms with Gasteiger partial charge < -0.3 is 9.64 Å². The number of ether oxygens (including phenoxy) is 1. The third-order valence-electron chi connectivity index (χ3n) is 5.11. The van der Waals surface area contributed by atoms with Gasteiger partial charge in [0.15, 0.2) is 0 Å². The van der Waals surface area contributed by atoms with Crippen LogP contribution in [0.3, 0.4) is 0 Å². The van der Waals surface area contributed by atoms with Gasteiger partial charge in [0, 0.05) is 6.61 Å². The highest BCUT2D eigenvalue weighted by molar-refractivity contribution is 4.61. The summed E-state index contributed by atoms with van der Waals surface area (Å²) in [7, 11) is 4.31. The summed E-state index contributed by atoms with van der Waals surface area (Å²) in [5, 5.41) is 0. The molecule has 0 fully saturated rings. The van der Waals surface area contributed by atoms with E-state index in [0.717, 1.165) is 6.61 Å². The molecule has 0 aromatic carbocycles. The lowest BCUT2D eigenvalue weighted by molar-refractivity contribution is 0.0353. The van der Waals surface area contributed by atoms with E-state index in [9.17, 15) is 0 Å². The summed E-state index contributed by atoms with van der Waals surface area (Å²) in [6, 6.07) is 0. The van der Waals surface area contributed by atoms with E-state index in [1.54, 1.807) is 0 Å². The monoisotopic (exact) mass is 355 g/mol.